The minimum atomic E-state index is -1.03. The Morgan fingerprint density at radius 2 is 0.730 bits per heavy atom. The van der Waals surface area contributed by atoms with Gasteiger partial charge < -0.3 is 28.9 Å². The van der Waals surface area contributed by atoms with Crippen LogP contribution in [0.2, 0.25) is 0 Å². The molecular formula is C108H65F6N3O3S2. The number of halogens is 6. The average Bonchev–Trinajstić information content (AvgIpc) is 1.62. The molecule has 2 aliphatic carbocycles. The molecule has 0 fully saturated rings. The van der Waals surface area contributed by atoms with Crippen molar-refractivity contribution in [2.75, 3.05) is 14.7 Å². The first-order valence-electron chi connectivity index (χ1n) is 39.9. The Hall–Kier alpha value is -14.8. The van der Waals surface area contributed by atoms with Crippen LogP contribution in [0.15, 0.2) is 404 Å². The minimum absolute atomic E-state index is 0.282. The van der Waals surface area contributed by atoms with Crippen LogP contribution >= 0.6 is 23.1 Å². The highest BCUT2D eigenvalue weighted by Gasteiger charge is 2.51. The van der Waals surface area contributed by atoms with Gasteiger partial charge in [0.15, 0.2) is 34.6 Å². The molecule has 0 saturated carbocycles. The molecule has 1 aromatic heterocycles. The second kappa shape index (κ2) is 29.6. The number of hydrogen-bond acceptors (Lipinski definition) is 8. The standard InChI is InChI=1S/C55H33F5N2OS.C53H32FNO2S/c56-36-19-25-41(26-20-36)61(42-9-5-7-37(57)31-42)39-21-15-34(16-22-39)55(35-17-23-40(24-18-35)62(43-10-6-8-38(58)32-43)44-27-29-48(59)49(60)33-44)46-12-2-1-11-45(46)53-47(55)28-30-52-54(53)63-50-13-3-4-14-51(50)64-52;54-36-27-25-34(26-28-36)53(42-20-8-6-18-41(42)50-43(53)29-30-48-51(50)57-47-23-10-9-22-46(47)56-48)35-31-33-13-4-5-16-38(33)45(32-35)55(37-14-2-1-3-15-37)44-21-12-19-40-39-17-7-11-24-49(39)58-52(40)44/h1-33H;1-32H. The first-order valence-corrected chi connectivity index (χ1v) is 41.6. The van der Waals surface area contributed by atoms with Gasteiger partial charge in [0.1, 0.15) is 34.8 Å². The van der Waals surface area contributed by atoms with Crippen molar-refractivity contribution in [3.05, 3.63) is 474 Å². The highest BCUT2D eigenvalue weighted by atomic mass is 32.2. The van der Waals surface area contributed by atoms with Gasteiger partial charge in [0.25, 0.3) is 0 Å². The van der Waals surface area contributed by atoms with Gasteiger partial charge >= 0.3 is 0 Å². The predicted molar refractivity (Wildman–Crippen MR) is 479 cm³/mol. The van der Waals surface area contributed by atoms with E-state index in [1.165, 1.54) is 62.6 Å². The number of benzene rings is 18. The zero-order valence-electron chi connectivity index (χ0n) is 64.7. The second-order valence-electron chi connectivity index (χ2n) is 30.5. The van der Waals surface area contributed by atoms with Gasteiger partial charge in [-0.05, 0) is 243 Å². The number of hydrogen-bond donors (Lipinski definition) is 0. The summed E-state index contributed by atoms with van der Waals surface area (Å²) in [7, 11) is 0. The van der Waals surface area contributed by atoms with Crippen molar-refractivity contribution in [2.24, 2.45) is 0 Å². The molecule has 584 valence electrons. The number of anilines is 9. The van der Waals surface area contributed by atoms with Gasteiger partial charge in [-0.25, -0.2) is 26.3 Å². The van der Waals surface area contributed by atoms with Crippen molar-refractivity contribution in [1.82, 2.24) is 0 Å². The molecule has 4 aliphatic rings. The predicted octanol–water partition coefficient (Wildman–Crippen LogP) is 31.0. The van der Waals surface area contributed by atoms with Crippen LogP contribution in [0.5, 0.6) is 34.5 Å². The molecule has 0 radical (unpaired) electrons. The monoisotopic (exact) mass is 1630 g/mol. The molecule has 19 aromatic rings. The summed E-state index contributed by atoms with van der Waals surface area (Å²) < 4.78 is 110. The number of rotatable bonds is 13. The first-order chi connectivity index (χ1) is 59.9. The largest absolute Gasteiger partial charge is 0.454 e. The third-order valence-electron chi connectivity index (χ3n) is 23.7. The number of ether oxygens (including phenoxy) is 3. The van der Waals surface area contributed by atoms with Crippen LogP contribution in [0.3, 0.4) is 0 Å². The Morgan fingerprint density at radius 1 is 0.254 bits per heavy atom. The zero-order valence-corrected chi connectivity index (χ0v) is 66.3. The van der Waals surface area contributed by atoms with Crippen molar-refractivity contribution in [3.63, 3.8) is 0 Å². The van der Waals surface area contributed by atoms with Crippen LogP contribution in [0.25, 0.3) is 53.2 Å². The Kier molecular flexibility index (Phi) is 17.8. The highest BCUT2D eigenvalue weighted by Crippen LogP contribution is 2.66. The van der Waals surface area contributed by atoms with E-state index in [-0.39, 0.29) is 11.6 Å². The molecule has 0 amide bonds. The summed E-state index contributed by atoms with van der Waals surface area (Å²) in [5.41, 5.74) is 16.6. The van der Waals surface area contributed by atoms with E-state index in [0.29, 0.717) is 51.4 Å². The topological polar surface area (TPSA) is 37.4 Å². The lowest BCUT2D eigenvalue weighted by atomic mass is 9.67. The molecule has 0 N–H and O–H groups in total. The lowest BCUT2D eigenvalue weighted by Crippen LogP contribution is -2.29. The molecule has 0 spiro atoms. The molecule has 0 saturated heterocycles. The van der Waals surface area contributed by atoms with Crippen LogP contribution in [0.1, 0.15) is 44.5 Å². The Bertz CT molecular complexity index is 7400. The molecule has 2 unspecified atom stereocenters. The van der Waals surface area contributed by atoms with Gasteiger partial charge in [0, 0.05) is 77.9 Å². The molecular weight excluding hydrogens is 1570 g/mol. The van der Waals surface area contributed by atoms with Crippen molar-refractivity contribution < 1.29 is 40.6 Å². The number of fused-ring (bicyclic) bond motifs is 16. The summed E-state index contributed by atoms with van der Waals surface area (Å²) in [6.45, 7) is 0. The van der Waals surface area contributed by atoms with E-state index in [2.05, 4.69) is 181 Å². The van der Waals surface area contributed by atoms with Crippen LogP contribution < -0.4 is 28.9 Å². The van der Waals surface area contributed by atoms with Crippen molar-refractivity contribution in [2.45, 2.75) is 20.6 Å². The van der Waals surface area contributed by atoms with E-state index in [4.69, 9.17) is 14.2 Å². The molecule has 0 bridgehead atoms. The third-order valence-corrected chi connectivity index (χ3v) is 26.0. The summed E-state index contributed by atoms with van der Waals surface area (Å²) in [6.07, 6.45) is 0. The maximum Gasteiger partial charge on any atom is 0.178 e. The summed E-state index contributed by atoms with van der Waals surface area (Å²) in [4.78, 5) is 7.98. The molecule has 122 heavy (non-hydrogen) atoms. The van der Waals surface area contributed by atoms with E-state index in [1.807, 2.05) is 131 Å². The molecule has 2 aliphatic heterocycles. The molecule has 23 rings (SSSR count). The van der Waals surface area contributed by atoms with Gasteiger partial charge in [-0.15, -0.1) is 11.3 Å². The quantitative estimate of drug-likeness (QED) is 0.107. The molecule has 14 heteroatoms. The minimum Gasteiger partial charge on any atom is -0.454 e. The van der Waals surface area contributed by atoms with Gasteiger partial charge in [-0.1, -0.05) is 218 Å². The molecule has 2 atom stereocenters. The first kappa shape index (κ1) is 73.5. The molecule has 3 heterocycles. The fraction of sp³-hybridized carbons (Fsp3) is 0.0185. The Morgan fingerprint density at radius 3 is 1.39 bits per heavy atom. The third kappa shape index (κ3) is 12.0. The van der Waals surface area contributed by atoms with E-state index >= 15 is 0 Å². The van der Waals surface area contributed by atoms with Gasteiger partial charge in [-0.2, -0.15) is 0 Å². The summed E-state index contributed by atoms with van der Waals surface area (Å²) in [5, 5.41) is 4.70. The Labute approximate surface area is 706 Å². The summed E-state index contributed by atoms with van der Waals surface area (Å²) in [5.74, 6) is 0.633. The average molecular weight is 1630 g/mol. The van der Waals surface area contributed by atoms with E-state index < -0.39 is 34.1 Å². The second-order valence-corrected chi connectivity index (χ2v) is 32.6. The molecule has 18 aromatic carbocycles. The van der Waals surface area contributed by atoms with Crippen LogP contribution in [0, 0.1) is 34.9 Å². The lowest BCUT2D eigenvalue weighted by Gasteiger charge is -2.36. The molecule has 6 nitrogen and oxygen atoms in total. The van der Waals surface area contributed by atoms with E-state index in [9.17, 15) is 26.3 Å². The van der Waals surface area contributed by atoms with Gasteiger partial charge in [0.05, 0.1) is 36.7 Å². The number of nitrogens with zero attached hydrogens (tertiary/aromatic N) is 3. The van der Waals surface area contributed by atoms with Gasteiger partial charge in [0.2, 0.25) is 0 Å². The summed E-state index contributed by atoms with van der Waals surface area (Å²) in [6, 6.07) is 125. The summed E-state index contributed by atoms with van der Waals surface area (Å²) >= 11 is 3.48. The van der Waals surface area contributed by atoms with Crippen molar-refractivity contribution in [1.29, 1.82) is 0 Å². The fourth-order valence-electron chi connectivity index (χ4n) is 18.6. The number of thiophene rings is 1. The van der Waals surface area contributed by atoms with Gasteiger partial charge in [-0.3, -0.25) is 0 Å². The number of para-hydroxylation sites is 4. The lowest BCUT2D eigenvalue weighted by molar-refractivity contribution is 0.360. The fourth-order valence-corrected chi connectivity index (χ4v) is 20.8. The maximum absolute atomic E-state index is 15.0. The highest BCUT2D eigenvalue weighted by molar-refractivity contribution is 7.99. The maximum atomic E-state index is 15.0. The van der Waals surface area contributed by atoms with E-state index in [0.717, 1.165) is 134 Å². The van der Waals surface area contributed by atoms with E-state index in [1.54, 1.807) is 65.2 Å². The Balaban J connectivity index is 0.000000146. The SMILES string of the molecule is Fc1ccc(C2(c3cc(N(c4ccccc4)c4cccc5c4sc4ccccc45)c4ccccc4c3)c3ccccc3-c3c2ccc2c3Oc3ccccc3O2)cc1.Fc1ccc(N(c2ccc(C3(c4ccc(N(c5cccc(F)c5)c5ccc(F)c(F)c5)cc4)c4ccccc4-c4c3ccc3c4Oc4ccccc4S3)cc2)c2cccc(F)c2)cc1. The van der Waals surface area contributed by atoms with Crippen LogP contribution in [-0.2, 0) is 10.8 Å². The normalized spacial score (nSPS) is 14.7. The van der Waals surface area contributed by atoms with Crippen LogP contribution in [-0.4, -0.2) is 0 Å². The smallest absolute Gasteiger partial charge is 0.178 e. The van der Waals surface area contributed by atoms with Crippen molar-refractivity contribution >= 4 is 105 Å². The zero-order chi connectivity index (χ0) is 81.9. The van der Waals surface area contributed by atoms with Crippen molar-refractivity contribution in [3.8, 4) is 56.8 Å². The van der Waals surface area contributed by atoms with Crippen LogP contribution in [0.4, 0.5) is 77.5 Å².